The quantitative estimate of drug-likeness (QED) is 0.927. The van der Waals surface area contributed by atoms with Gasteiger partial charge in [-0.1, -0.05) is 17.7 Å². The van der Waals surface area contributed by atoms with E-state index < -0.39 is 17.7 Å². The van der Waals surface area contributed by atoms with E-state index in [0.29, 0.717) is 5.02 Å². The van der Waals surface area contributed by atoms with Gasteiger partial charge in [0.2, 0.25) is 0 Å². The van der Waals surface area contributed by atoms with Crippen LogP contribution < -0.4 is 4.74 Å². The van der Waals surface area contributed by atoms with E-state index in [4.69, 9.17) is 16.3 Å². The van der Waals surface area contributed by atoms with Gasteiger partial charge in [0.05, 0.1) is 18.8 Å². The van der Waals surface area contributed by atoms with Crippen molar-refractivity contribution in [2.24, 2.45) is 0 Å². The molecule has 0 aliphatic heterocycles. The highest BCUT2D eigenvalue weighted by Crippen LogP contribution is 2.31. The Bertz CT molecular complexity index is 617. The Morgan fingerprint density at radius 3 is 2.65 bits per heavy atom. The van der Waals surface area contributed by atoms with Crippen molar-refractivity contribution in [2.45, 2.75) is 12.5 Å². The molecule has 106 valence electrons. The topological polar surface area (TPSA) is 29.5 Å². The van der Waals surface area contributed by atoms with Crippen molar-refractivity contribution in [3.05, 3.63) is 64.2 Å². The average molecular weight is 299 g/mol. The Hall–Kier alpha value is -1.65. The Morgan fingerprint density at radius 1 is 1.20 bits per heavy atom. The zero-order chi connectivity index (χ0) is 14.7. The van der Waals surface area contributed by atoms with Gasteiger partial charge >= 0.3 is 0 Å². The first kappa shape index (κ1) is 14.8. The predicted octanol–water partition coefficient (Wildman–Crippen LogP) is 3.90. The van der Waals surface area contributed by atoms with Gasteiger partial charge in [-0.15, -0.1) is 0 Å². The summed E-state index contributed by atoms with van der Waals surface area (Å²) in [6, 6.07) is 8.27. The standard InChI is InChI=1S/C15H13ClF2O2/c1-20-14-4-2-3-12(18)15(14)13(19)8-9-7-10(16)5-6-11(9)17/h2-7,13,19H,8H2,1H3. The molecule has 0 fully saturated rings. The lowest BCUT2D eigenvalue weighted by Gasteiger charge is -2.16. The maximum Gasteiger partial charge on any atom is 0.132 e. The van der Waals surface area contributed by atoms with E-state index in [1.54, 1.807) is 0 Å². The SMILES string of the molecule is COc1cccc(F)c1C(O)Cc1cc(Cl)ccc1F. The third-order valence-electron chi connectivity index (χ3n) is 2.99. The lowest BCUT2D eigenvalue weighted by Crippen LogP contribution is -2.08. The normalized spacial score (nSPS) is 12.2. The summed E-state index contributed by atoms with van der Waals surface area (Å²) in [7, 11) is 1.38. The fourth-order valence-corrected chi connectivity index (χ4v) is 2.22. The molecule has 0 heterocycles. The molecule has 2 aromatic rings. The summed E-state index contributed by atoms with van der Waals surface area (Å²) >= 11 is 5.79. The first-order chi connectivity index (χ1) is 9.52. The highest BCUT2D eigenvalue weighted by molar-refractivity contribution is 6.30. The zero-order valence-corrected chi connectivity index (χ0v) is 11.5. The minimum atomic E-state index is -1.22. The van der Waals surface area contributed by atoms with Crippen molar-refractivity contribution in [3.63, 3.8) is 0 Å². The number of aliphatic hydroxyl groups excluding tert-OH is 1. The molecule has 0 aliphatic rings. The van der Waals surface area contributed by atoms with Gasteiger partial charge in [0.25, 0.3) is 0 Å². The van der Waals surface area contributed by atoms with Crippen LogP contribution in [-0.2, 0) is 6.42 Å². The van der Waals surface area contributed by atoms with Crippen molar-refractivity contribution in [3.8, 4) is 5.75 Å². The molecule has 0 saturated heterocycles. The molecule has 2 aromatic carbocycles. The van der Waals surface area contributed by atoms with Crippen LogP contribution in [0.25, 0.3) is 0 Å². The lowest BCUT2D eigenvalue weighted by molar-refractivity contribution is 0.167. The molecule has 0 aromatic heterocycles. The molecular weight excluding hydrogens is 286 g/mol. The van der Waals surface area contributed by atoms with E-state index in [2.05, 4.69) is 0 Å². The first-order valence-corrected chi connectivity index (χ1v) is 6.35. The number of benzene rings is 2. The Labute approximate surface area is 120 Å². The predicted molar refractivity (Wildman–Crippen MR) is 73.0 cm³/mol. The van der Waals surface area contributed by atoms with Crippen LogP contribution in [0.2, 0.25) is 5.02 Å². The van der Waals surface area contributed by atoms with Crippen molar-refractivity contribution < 1.29 is 18.6 Å². The van der Waals surface area contributed by atoms with Gasteiger partial charge in [0.1, 0.15) is 17.4 Å². The molecular formula is C15H13ClF2O2. The van der Waals surface area contributed by atoms with Crippen LogP contribution in [0.15, 0.2) is 36.4 Å². The average Bonchev–Trinajstić information content (AvgIpc) is 2.42. The van der Waals surface area contributed by atoms with Crippen LogP contribution >= 0.6 is 11.6 Å². The van der Waals surface area contributed by atoms with Crippen LogP contribution in [0.4, 0.5) is 8.78 Å². The lowest BCUT2D eigenvalue weighted by atomic mass is 9.99. The molecule has 2 nitrogen and oxygen atoms in total. The van der Waals surface area contributed by atoms with Gasteiger partial charge in [-0.25, -0.2) is 8.78 Å². The third kappa shape index (κ3) is 3.08. The molecule has 0 spiro atoms. The fraction of sp³-hybridized carbons (Fsp3) is 0.200. The summed E-state index contributed by atoms with van der Waals surface area (Å²) in [6.07, 6.45) is -1.32. The maximum absolute atomic E-state index is 13.8. The van der Waals surface area contributed by atoms with Crippen molar-refractivity contribution in [1.82, 2.24) is 0 Å². The van der Waals surface area contributed by atoms with E-state index in [9.17, 15) is 13.9 Å². The Kier molecular flexibility index (Phi) is 4.57. The number of methoxy groups -OCH3 is 1. The van der Waals surface area contributed by atoms with E-state index in [-0.39, 0.29) is 23.3 Å². The summed E-state index contributed by atoms with van der Waals surface area (Å²) in [5.74, 6) is -0.872. The summed E-state index contributed by atoms with van der Waals surface area (Å²) in [5.41, 5.74) is 0.227. The second-order valence-electron chi connectivity index (χ2n) is 4.31. The summed E-state index contributed by atoms with van der Waals surface area (Å²) in [4.78, 5) is 0. The fourth-order valence-electron chi connectivity index (χ4n) is 2.03. The van der Waals surface area contributed by atoms with Gasteiger partial charge < -0.3 is 9.84 Å². The molecule has 0 radical (unpaired) electrons. The Balaban J connectivity index is 2.33. The largest absolute Gasteiger partial charge is 0.496 e. The van der Waals surface area contributed by atoms with Crippen LogP contribution in [0.3, 0.4) is 0 Å². The van der Waals surface area contributed by atoms with Gasteiger partial charge in [0, 0.05) is 11.4 Å². The molecule has 1 atom stereocenters. The van der Waals surface area contributed by atoms with Crippen LogP contribution in [0, 0.1) is 11.6 Å². The Morgan fingerprint density at radius 2 is 1.95 bits per heavy atom. The van der Waals surface area contributed by atoms with Gasteiger partial charge in [-0.2, -0.15) is 0 Å². The van der Waals surface area contributed by atoms with Crippen molar-refractivity contribution in [2.75, 3.05) is 7.11 Å². The summed E-state index contributed by atoms with van der Waals surface area (Å²) < 4.78 is 32.5. The summed E-state index contributed by atoms with van der Waals surface area (Å²) in [5, 5.41) is 10.5. The third-order valence-corrected chi connectivity index (χ3v) is 3.22. The highest BCUT2D eigenvalue weighted by atomic mass is 35.5. The van der Waals surface area contributed by atoms with Gasteiger partial charge in [-0.05, 0) is 35.9 Å². The van der Waals surface area contributed by atoms with E-state index in [1.807, 2.05) is 0 Å². The molecule has 0 bridgehead atoms. The van der Waals surface area contributed by atoms with Crippen molar-refractivity contribution in [1.29, 1.82) is 0 Å². The van der Waals surface area contributed by atoms with E-state index in [1.165, 1.54) is 43.5 Å². The molecule has 0 saturated carbocycles. The van der Waals surface area contributed by atoms with Crippen LogP contribution in [0.1, 0.15) is 17.2 Å². The number of hydrogen-bond acceptors (Lipinski definition) is 2. The monoisotopic (exact) mass is 298 g/mol. The molecule has 0 amide bonds. The molecule has 1 unspecified atom stereocenters. The minimum absolute atomic E-state index is 0.00868. The van der Waals surface area contributed by atoms with Crippen LogP contribution in [0.5, 0.6) is 5.75 Å². The smallest absolute Gasteiger partial charge is 0.132 e. The number of ether oxygens (including phenoxy) is 1. The molecule has 20 heavy (non-hydrogen) atoms. The highest BCUT2D eigenvalue weighted by Gasteiger charge is 2.20. The molecule has 5 heteroatoms. The van der Waals surface area contributed by atoms with Crippen molar-refractivity contribution >= 4 is 11.6 Å². The summed E-state index contributed by atoms with van der Waals surface area (Å²) in [6.45, 7) is 0. The number of halogens is 3. The van der Waals surface area contributed by atoms with E-state index in [0.717, 1.165) is 0 Å². The second-order valence-corrected chi connectivity index (χ2v) is 4.75. The number of rotatable bonds is 4. The van der Waals surface area contributed by atoms with Crippen LogP contribution in [-0.4, -0.2) is 12.2 Å². The first-order valence-electron chi connectivity index (χ1n) is 5.97. The molecule has 2 rings (SSSR count). The van der Waals surface area contributed by atoms with E-state index >= 15 is 0 Å². The number of aliphatic hydroxyl groups is 1. The zero-order valence-electron chi connectivity index (χ0n) is 10.7. The minimum Gasteiger partial charge on any atom is -0.496 e. The molecule has 1 N–H and O–H groups in total. The maximum atomic E-state index is 13.8. The molecule has 0 aliphatic carbocycles. The number of hydrogen-bond donors (Lipinski definition) is 1. The van der Waals surface area contributed by atoms with Gasteiger partial charge in [0.15, 0.2) is 0 Å². The second kappa shape index (κ2) is 6.20. The van der Waals surface area contributed by atoms with Gasteiger partial charge in [-0.3, -0.25) is 0 Å².